The number of nitrogens with one attached hydrogen (secondary N) is 1. The van der Waals surface area contributed by atoms with Gasteiger partial charge in [-0.25, -0.2) is 13.2 Å². The molecule has 0 spiro atoms. The van der Waals surface area contributed by atoms with Crippen LogP contribution in [0.1, 0.15) is 18.1 Å². The monoisotopic (exact) mass is 371 g/mol. The number of ether oxygens (including phenoxy) is 1. The molecular weight excluding hydrogens is 350 g/mol. The minimum Gasteiger partial charge on any atom is -0.463 e. The fourth-order valence-corrected chi connectivity index (χ4v) is 3.15. The molecule has 0 aliphatic heterocycles. The van der Waals surface area contributed by atoms with Crippen LogP contribution < -0.4 is 4.72 Å². The average Bonchev–Trinajstić information content (AvgIpc) is 2.61. The van der Waals surface area contributed by atoms with Gasteiger partial charge in [0.25, 0.3) is 10.0 Å². The summed E-state index contributed by atoms with van der Waals surface area (Å²) in [5.41, 5.74) is 1.94. The second-order valence-corrected chi connectivity index (χ2v) is 7.20. The first-order valence-electron chi connectivity index (χ1n) is 8.12. The summed E-state index contributed by atoms with van der Waals surface area (Å²) in [7, 11) is -3.82. The Morgan fingerprint density at radius 1 is 1.08 bits per heavy atom. The summed E-state index contributed by atoms with van der Waals surface area (Å²) in [5.74, 6) is -0.619. The molecule has 6 heteroatoms. The summed E-state index contributed by atoms with van der Waals surface area (Å²) in [6.07, 6.45) is 4.36. The molecule has 0 aliphatic carbocycles. The molecule has 0 aliphatic rings. The molecule has 2 aromatic carbocycles. The first kappa shape index (κ1) is 19.5. The van der Waals surface area contributed by atoms with Gasteiger partial charge in [-0.15, -0.1) is 0 Å². The van der Waals surface area contributed by atoms with E-state index in [1.807, 2.05) is 37.3 Å². The van der Waals surface area contributed by atoms with Crippen LogP contribution in [0, 0.1) is 6.92 Å². The Labute approximate surface area is 154 Å². The summed E-state index contributed by atoms with van der Waals surface area (Å²) in [4.78, 5) is 11.9. The van der Waals surface area contributed by atoms with Gasteiger partial charge in [0.05, 0.1) is 17.2 Å². The van der Waals surface area contributed by atoms with Crippen molar-refractivity contribution in [2.75, 3.05) is 6.61 Å². The van der Waals surface area contributed by atoms with E-state index in [9.17, 15) is 13.2 Å². The lowest BCUT2D eigenvalue weighted by Gasteiger charge is -2.09. The number of hydrogen-bond acceptors (Lipinski definition) is 4. The number of carbonyl (C=O) groups is 1. The molecule has 2 rings (SSSR count). The van der Waals surface area contributed by atoms with Crippen molar-refractivity contribution >= 4 is 22.1 Å². The third-order valence-corrected chi connectivity index (χ3v) is 4.80. The first-order valence-corrected chi connectivity index (χ1v) is 9.60. The van der Waals surface area contributed by atoms with Crippen molar-refractivity contribution < 1.29 is 17.9 Å². The molecule has 0 saturated heterocycles. The molecule has 2 aromatic rings. The number of allylic oxidation sites excluding steroid dienone is 1. The summed E-state index contributed by atoms with van der Waals surface area (Å²) in [6, 6.07) is 15.8. The Balaban J connectivity index is 2.30. The van der Waals surface area contributed by atoms with Crippen LogP contribution in [0.2, 0.25) is 0 Å². The minimum atomic E-state index is -3.82. The molecule has 0 aromatic heterocycles. The SMILES string of the molecule is CCOC(=O)/C=C(/C=C/c1ccccc1)NS(=O)(=O)c1ccc(C)cc1. The molecule has 136 valence electrons. The van der Waals surface area contributed by atoms with Gasteiger partial charge >= 0.3 is 5.97 Å². The predicted molar refractivity (Wildman–Crippen MR) is 102 cm³/mol. The number of aryl methyl sites for hydroxylation is 1. The normalized spacial score (nSPS) is 12.2. The van der Waals surface area contributed by atoms with Crippen LogP contribution in [-0.4, -0.2) is 21.0 Å². The summed E-state index contributed by atoms with van der Waals surface area (Å²) >= 11 is 0. The third kappa shape index (κ3) is 5.89. The molecule has 0 unspecified atom stereocenters. The van der Waals surface area contributed by atoms with Crippen molar-refractivity contribution in [1.29, 1.82) is 0 Å². The Kier molecular flexibility index (Phi) is 6.74. The first-order chi connectivity index (χ1) is 12.4. The predicted octanol–water partition coefficient (Wildman–Crippen LogP) is 3.43. The minimum absolute atomic E-state index is 0.117. The number of rotatable bonds is 7. The molecule has 0 bridgehead atoms. The van der Waals surface area contributed by atoms with Gasteiger partial charge in [-0.05, 0) is 37.6 Å². The molecule has 5 nitrogen and oxygen atoms in total. The highest BCUT2D eigenvalue weighted by atomic mass is 32.2. The van der Waals surface area contributed by atoms with Crippen LogP contribution in [0.3, 0.4) is 0 Å². The van der Waals surface area contributed by atoms with Crippen molar-refractivity contribution in [3.8, 4) is 0 Å². The van der Waals surface area contributed by atoms with Crippen molar-refractivity contribution in [2.45, 2.75) is 18.7 Å². The van der Waals surface area contributed by atoms with Crippen LogP contribution >= 0.6 is 0 Å². The van der Waals surface area contributed by atoms with E-state index in [1.54, 1.807) is 25.1 Å². The van der Waals surface area contributed by atoms with E-state index in [0.29, 0.717) is 0 Å². The topological polar surface area (TPSA) is 72.5 Å². The van der Waals surface area contributed by atoms with E-state index >= 15 is 0 Å². The summed E-state index contributed by atoms with van der Waals surface area (Å²) < 4.78 is 32.4. The standard InChI is InChI=1S/C20H21NO4S/c1-3-25-20(22)15-18(12-11-17-7-5-4-6-8-17)21-26(23,24)19-13-9-16(2)10-14-19/h4-15,21H,3H2,1-2H3/b12-11+,18-15-. The van der Waals surface area contributed by atoms with Crippen LogP contribution in [0.25, 0.3) is 6.08 Å². The van der Waals surface area contributed by atoms with E-state index in [1.165, 1.54) is 18.2 Å². The van der Waals surface area contributed by atoms with Crippen molar-refractivity contribution in [3.05, 3.63) is 83.6 Å². The quantitative estimate of drug-likeness (QED) is 0.460. The van der Waals surface area contributed by atoms with Crippen LogP contribution in [0.5, 0.6) is 0 Å². The second kappa shape index (κ2) is 9.01. The lowest BCUT2D eigenvalue weighted by molar-refractivity contribution is -0.137. The Bertz CT molecular complexity index is 899. The second-order valence-electron chi connectivity index (χ2n) is 5.51. The summed E-state index contributed by atoms with van der Waals surface area (Å²) in [5, 5.41) is 0. The lowest BCUT2D eigenvalue weighted by atomic mass is 10.2. The molecule has 0 atom stereocenters. The Morgan fingerprint density at radius 2 is 1.73 bits per heavy atom. The highest BCUT2D eigenvalue weighted by Gasteiger charge is 2.15. The number of sulfonamides is 1. The van der Waals surface area contributed by atoms with Gasteiger partial charge in [0.2, 0.25) is 0 Å². The van der Waals surface area contributed by atoms with Crippen molar-refractivity contribution in [2.24, 2.45) is 0 Å². The van der Waals surface area contributed by atoms with Gasteiger partial charge < -0.3 is 4.74 Å². The molecule has 1 N–H and O–H groups in total. The largest absolute Gasteiger partial charge is 0.463 e. The van der Waals surface area contributed by atoms with Gasteiger partial charge in [-0.1, -0.05) is 54.1 Å². The van der Waals surface area contributed by atoms with E-state index in [0.717, 1.165) is 17.2 Å². The fourth-order valence-electron chi connectivity index (χ4n) is 2.10. The molecule has 0 saturated carbocycles. The summed E-state index contributed by atoms with van der Waals surface area (Å²) in [6.45, 7) is 3.76. The maximum Gasteiger partial charge on any atom is 0.332 e. The van der Waals surface area contributed by atoms with E-state index in [2.05, 4.69) is 4.72 Å². The van der Waals surface area contributed by atoms with E-state index < -0.39 is 16.0 Å². The number of benzene rings is 2. The maximum atomic E-state index is 12.6. The van der Waals surface area contributed by atoms with Gasteiger partial charge in [-0.2, -0.15) is 0 Å². The third-order valence-electron chi connectivity index (χ3n) is 3.40. The van der Waals surface area contributed by atoms with Crippen LogP contribution in [0.15, 0.2) is 77.3 Å². The van der Waals surface area contributed by atoms with E-state index in [-0.39, 0.29) is 17.2 Å². The number of carbonyl (C=O) groups excluding carboxylic acids is 1. The van der Waals surface area contributed by atoms with Gasteiger partial charge in [0, 0.05) is 6.08 Å². The molecule has 0 radical (unpaired) electrons. The van der Waals surface area contributed by atoms with Gasteiger partial charge in [0.1, 0.15) is 0 Å². The zero-order valence-electron chi connectivity index (χ0n) is 14.7. The number of esters is 1. The average molecular weight is 371 g/mol. The van der Waals surface area contributed by atoms with Gasteiger partial charge in [0.15, 0.2) is 0 Å². The van der Waals surface area contributed by atoms with Crippen LogP contribution in [0.4, 0.5) is 0 Å². The maximum absolute atomic E-state index is 12.6. The zero-order chi connectivity index (χ0) is 19.0. The highest BCUT2D eigenvalue weighted by Crippen LogP contribution is 2.13. The zero-order valence-corrected chi connectivity index (χ0v) is 15.5. The molecule has 0 fully saturated rings. The van der Waals surface area contributed by atoms with Crippen LogP contribution in [-0.2, 0) is 19.6 Å². The highest BCUT2D eigenvalue weighted by molar-refractivity contribution is 7.89. The molecule has 0 amide bonds. The van der Waals surface area contributed by atoms with Gasteiger partial charge in [-0.3, -0.25) is 4.72 Å². The molecule has 0 heterocycles. The molecule has 26 heavy (non-hydrogen) atoms. The fraction of sp³-hybridized carbons (Fsp3) is 0.150. The number of hydrogen-bond donors (Lipinski definition) is 1. The Morgan fingerprint density at radius 3 is 2.35 bits per heavy atom. The lowest BCUT2D eigenvalue weighted by Crippen LogP contribution is -2.23. The Hall–Kier alpha value is -2.86. The molecular formula is C20H21NO4S. The van der Waals surface area contributed by atoms with Crippen molar-refractivity contribution in [3.63, 3.8) is 0 Å². The smallest absolute Gasteiger partial charge is 0.332 e. The van der Waals surface area contributed by atoms with Crippen molar-refractivity contribution in [1.82, 2.24) is 4.72 Å². The van der Waals surface area contributed by atoms with E-state index in [4.69, 9.17) is 4.74 Å².